The molecule has 0 radical (unpaired) electrons. The van der Waals surface area contributed by atoms with Gasteiger partial charge in [0.05, 0.1) is 5.92 Å². The zero-order valence-electron chi connectivity index (χ0n) is 16.3. The van der Waals surface area contributed by atoms with Crippen molar-refractivity contribution in [1.82, 2.24) is 14.7 Å². The number of carbonyl (C=O) groups is 2. The van der Waals surface area contributed by atoms with E-state index >= 15 is 0 Å². The highest BCUT2D eigenvalue weighted by Gasteiger charge is 2.37. The Kier molecular flexibility index (Phi) is 5.97. The van der Waals surface area contributed by atoms with Gasteiger partial charge >= 0.3 is 0 Å². The summed E-state index contributed by atoms with van der Waals surface area (Å²) in [7, 11) is 0. The van der Waals surface area contributed by atoms with E-state index in [4.69, 9.17) is 0 Å². The number of likely N-dealkylation sites (tertiary alicyclic amines) is 1. The van der Waals surface area contributed by atoms with Gasteiger partial charge in [0, 0.05) is 52.2 Å². The van der Waals surface area contributed by atoms with Crippen LogP contribution in [0.3, 0.4) is 0 Å². The van der Waals surface area contributed by atoms with E-state index in [1.807, 2.05) is 9.80 Å². The first-order valence-corrected chi connectivity index (χ1v) is 9.77. The SMILES string of the molecule is Cc1ccc(CN2CC(C(=O)N3CCN(CC(C)C)CC3)CC2=O)cc1. The van der Waals surface area contributed by atoms with Crippen molar-refractivity contribution in [1.29, 1.82) is 0 Å². The van der Waals surface area contributed by atoms with Gasteiger partial charge in [-0.1, -0.05) is 43.7 Å². The van der Waals surface area contributed by atoms with E-state index in [2.05, 4.69) is 49.9 Å². The molecule has 2 aliphatic heterocycles. The first-order chi connectivity index (χ1) is 12.4. The molecule has 5 nitrogen and oxygen atoms in total. The molecule has 1 aromatic rings. The average Bonchev–Trinajstić information content (AvgIpc) is 2.97. The molecule has 142 valence electrons. The van der Waals surface area contributed by atoms with Crippen molar-refractivity contribution in [3.8, 4) is 0 Å². The zero-order valence-corrected chi connectivity index (χ0v) is 16.3. The van der Waals surface area contributed by atoms with Crippen LogP contribution in [0.15, 0.2) is 24.3 Å². The van der Waals surface area contributed by atoms with Gasteiger partial charge in [0.25, 0.3) is 0 Å². The van der Waals surface area contributed by atoms with Crippen LogP contribution < -0.4 is 0 Å². The maximum absolute atomic E-state index is 12.8. The van der Waals surface area contributed by atoms with Crippen LogP contribution in [-0.2, 0) is 16.1 Å². The molecule has 2 aliphatic rings. The highest BCUT2D eigenvalue weighted by atomic mass is 16.2. The van der Waals surface area contributed by atoms with Gasteiger partial charge in [0.2, 0.25) is 11.8 Å². The van der Waals surface area contributed by atoms with Crippen LogP contribution >= 0.6 is 0 Å². The Labute approximate surface area is 156 Å². The Morgan fingerprint density at radius 3 is 2.38 bits per heavy atom. The predicted molar refractivity (Wildman–Crippen MR) is 103 cm³/mol. The fourth-order valence-corrected chi connectivity index (χ4v) is 3.93. The van der Waals surface area contributed by atoms with Gasteiger partial charge in [0.1, 0.15) is 0 Å². The van der Waals surface area contributed by atoms with E-state index in [0.717, 1.165) is 38.3 Å². The van der Waals surface area contributed by atoms with Crippen molar-refractivity contribution in [2.75, 3.05) is 39.3 Å². The lowest BCUT2D eigenvalue weighted by Crippen LogP contribution is -2.51. The summed E-state index contributed by atoms with van der Waals surface area (Å²) in [6.07, 6.45) is 0.358. The Balaban J connectivity index is 1.52. The summed E-state index contributed by atoms with van der Waals surface area (Å²) < 4.78 is 0. The molecular formula is C21H31N3O2. The quantitative estimate of drug-likeness (QED) is 0.811. The first-order valence-electron chi connectivity index (χ1n) is 9.77. The normalized spacial score (nSPS) is 21.7. The van der Waals surface area contributed by atoms with Crippen molar-refractivity contribution < 1.29 is 9.59 Å². The maximum atomic E-state index is 12.8. The molecular weight excluding hydrogens is 326 g/mol. The molecule has 2 heterocycles. The largest absolute Gasteiger partial charge is 0.340 e. The van der Waals surface area contributed by atoms with Gasteiger partial charge in [0.15, 0.2) is 0 Å². The third-order valence-corrected chi connectivity index (χ3v) is 5.37. The Hall–Kier alpha value is -1.88. The predicted octanol–water partition coefficient (Wildman–Crippen LogP) is 2.14. The molecule has 0 aromatic heterocycles. The maximum Gasteiger partial charge on any atom is 0.228 e. The number of amides is 2. The second-order valence-corrected chi connectivity index (χ2v) is 8.18. The van der Waals surface area contributed by atoms with Crippen molar-refractivity contribution in [3.63, 3.8) is 0 Å². The molecule has 2 saturated heterocycles. The molecule has 26 heavy (non-hydrogen) atoms. The molecule has 1 unspecified atom stereocenters. The molecule has 1 aromatic carbocycles. The zero-order chi connectivity index (χ0) is 18.7. The number of rotatable bonds is 5. The smallest absolute Gasteiger partial charge is 0.228 e. The summed E-state index contributed by atoms with van der Waals surface area (Å²) in [5.74, 6) is 0.737. The van der Waals surface area contributed by atoms with Gasteiger partial charge in [-0.3, -0.25) is 14.5 Å². The van der Waals surface area contributed by atoms with Gasteiger partial charge in [-0.15, -0.1) is 0 Å². The number of aryl methyl sites for hydroxylation is 1. The second-order valence-electron chi connectivity index (χ2n) is 8.18. The molecule has 2 amide bonds. The number of nitrogens with zero attached hydrogens (tertiary/aromatic N) is 3. The minimum absolute atomic E-state index is 0.0994. The standard InChI is InChI=1S/C21H31N3O2/c1-16(2)13-22-8-10-23(11-9-22)21(26)19-12-20(25)24(15-19)14-18-6-4-17(3)5-7-18/h4-7,16,19H,8-15H2,1-3H3. The van der Waals surface area contributed by atoms with Crippen LogP contribution in [0.25, 0.3) is 0 Å². The van der Waals surface area contributed by atoms with E-state index in [1.165, 1.54) is 5.56 Å². The van der Waals surface area contributed by atoms with Gasteiger partial charge in [-0.05, 0) is 18.4 Å². The number of carbonyl (C=O) groups excluding carboxylic acids is 2. The highest BCUT2D eigenvalue weighted by molar-refractivity contribution is 5.89. The lowest BCUT2D eigenvalue weighted by atomic mass is 10.1. The summed E-state index contributed by atoms with van der Waals surface area (Å²) in [5, 5.41) is 0. The fourth-order valence-electron chi connectivity index (χ4n) is 3.93. The van der Waals surface area contributed by atoms with E-state index in [9.17, 15) is 9.59 Å². The van der Waals surface area contributed by atoms with Crippen LogP contribution in [0.2, 0.25) is 0 Å². The van der Waals surface area contributed by atoms with Crippen LogP contribution in [-0.4, -0.2) is 65.8 Å². The van der Waals surface area contributed by atoms with Gasteiger partial charge < -0.3 is 9.80 Å². The Morgan fingerprint density at radius 2 is 1.77 bits per heavy atom. The van der Waals surface area contributed by atoms with Crippen molar-refractivity contribution in [2.24, 2.45) is 11.8 Å². The summed E-state index contributed by atoms with van der Waals surface area (Å²) in [4.78, 5) is 31.4. The molecule has 0 saturated carbocycles. The minimum atomic E-state index is -0.176. The van der Waals surface area contributed by atoms with E-state index in [-0.39, 0.29) is 17.7 Å². The topological polar surface area (TPSA) is 43.9 Å². The fraction of sp³-hybridized carbons (Fsp3) is 0.619. The van der Waals surface area contributed by atoms with Crippen LogP contribution in [0, 0.1) is 18.8 Å². The molecule has 1 atom stereocenters. The lowest BCUT2D eigenvalue weighted by Gasteiger charge is -2.36. The highest BCUT2D eigenvalue weighted by Crippen LogP contribution is 2.23. The van der Waals surface area contributed by atoms with Crippen LogP contribution in [0.5, 0.6) is 0 Å². The van der Waals surface area contributed by atoms with Crippen LogP contribution in [0.1, 0.15) is 31.4 Å². The average molecular weight is 357 g/mol. The summed E-state index contributed by atoms with van der Waals surface area (Å²) in [6.45, 7) is 12.2. The minimum Gasteiger partial charge on any atom is -0.340 e. The van der Waals surface area contributed by atoms with Crippen molar-refractivity contribution in [2.45, 2.75) is 33.7 Å². The summed E-state index contributed by atoms with van der Waals surface area (Å²) in [6, 6.07) is 8.25. The van der Waals surface area contributed by atoms with Crippen molar-refractivity contribution >= 4 is 11.8 Å². The Morgan fingerprint density at radius 1 is 1.12 bits per heavy atom. The molecule has 0 N–H and O–H groups in total. The third kappa shape index (κ3) is 4.64. The number of hydrogen-bond acceptors (Lipinski definition) is 3. The first kappa shape index (κ1) is 18.9. The van der Waals surface area contributed by atoms with Crippen LogP contribution in [0.4, 0.5) is 0 Å². The van der Waals surface area contributed by atoms with Crippen molar-refractivity contribution in [3.05, 3.63) is 35.4 Å². The summed E-state index contributed by atoms with van der Waals surface area (Å²) in [5.41, 5.74) is 2.34. The Bertz CT molecular complexity index is 633. The molecule has 0 aliphatic carbocycles. The van der Waals surface area contributed by atoms with Gasteiger partial charge in [-0.2, -0.15) is 0 Å². The molecule has 5 heteroatoms. The molecule has 3 rings (SSSR count). The second kappa shape index (κ2) is 8.21. The molecule has 2 fully saturated rings. The van der Waals surface area contributed by atoms with E-state index < -0.39 is 0 Å². The lowest BCUT2D eigenvalue weighted by molar-refractivity contribution is -0.137. The molecule has 0 spiro atoms. The number of benzene rings is 1. The third-order valence-electron chi connectivity index (χ3n) is 5.37. The van der Waals surface area contributed by atoms with E-state index in [1.54, 1.807) is 0 Å². The van der Waals surface area contributed by atoms with E-state index in [0.29, 0.717) is 25.4 Å². The number of hydrogen-bond donors (Lipinski definition) is 0. The van der Waals surface area contributed by atoms with Gasteiger partial charge in [-0.25, -0.2) is 0 Å². The number of piperazine rings is 1. The summed E-state index contributed by atoms with van der Waals surface area (Å²) >= 11 is 0. The molecule has 0 bridgehead atoms. The monoisotopic (exact) mass is 357 g/mol.